The van der Waals surface area contributed by atoms with E-state index in [-0.39, 0.29) is 24.1 Å². The van der Waals surface area contributed by atoms with Gasteiger partial charge in [-0.2, -0.15) is 0 Å². The van der Waals surface area contributed by atoms with Gasteiger partial charge < -0.3 is 44.3 Å². The van der Waals surface area contributed by atoms with E-state index in [0.717, 1.165) is 12.8 Å². The van der Waals surface area contributed by atoms with Crippen molar-refractivity contribution in [2.75, 3.05) is 33.2 Å². The summed E-state index contributed by atoms with van der Waals surface area (Å²) in [5.41, 5.74) is -0.713. The van der Waals surface area contributed by atoms with Gasteiger partial charge in [0.1, 0.15) is 18.2 Å². The standard InChI is InChI=1S/C17H38N2O10P2/c1-6-7-8-10-19(5,11-9-17(22,30(23,24)25)31(26,27)28)13-14(20)12-18-15(21)29-16(2,3)4/h14,20,22H,6-13H2,1-5H3,(H4-,18,21,23,24,25,26,27,28)/p+1. The van der Waals surface area contributed by atoms with Crippen LogP contribution in [-0.4, -0.2) is 90.4 Å². The van der Waals surface area contributed by atoms with Crippen molar-refractivity contribution in [2.24, 2.45) is 0 Å². The minimum atomic E-state index is -5.56. The fourth-order valence-electron chi connectivity index (χ4n) is 3.01. The van der Waals surface area contributed by atoms with E-state index in [2.05, 4.69) is 5.32 Å². The third-order valence-electron chi connectivity index (χ3n) is 4.75. The largest absolute Gasteiger partial charge is 0.444 e. The molecule has 1 amide bonds. The first-order valence-electron chi connectivity index (χ1n) is 10.1. The van der Waals surface area contributed by atoms with E-state index in [1.807, 2.05) is 6.92 Å². The molecule has 0 saturated carbocycles. The fraction of sp³-hybridized carbons (Fsp3) is 0.941. The highest BCUT2D eigenvalue weighted by Gasteiger charge is 2.60. The van der Waals surface area contributed by atoms with Crippen molar-refractivity contribution in [1.82, 2.24) is 5.32 Å². The number of likely N-dealkylation sites (N-methyl/N-ethyl adjacent to an activating group) is 1. The second-order valence-electron chi connectivity index (χ2n) is 9.11. The summed E-state index contributed by atoms with van der Waals surface area (Å²) in [6, 6.07) is 0. The lowest BCUT2D eigenvalue weighted by atomic mass is 10.2. The predicted molar refractivity (Wildman–Crippen MR) is 114 cm³/mol. The minimum Gasteiger partial charge on any atom is -0.444 e. The van der Waals surface area contributed by atoms with E-state index >= 15 is 0 Å². The molecule has 0 saturated heterocycles. The van der Waals surface area contributed by atoms with Crippen molar-refractivity contribution in [3.05, 3.63) is 0 Å². The molecule has 186 valence electrons. The third-order valence-corrected chi connectivity index (χ3v) is 8.63. The first kappa shape index (κ1) is 30.4. The highest BCUT2D eigenvalue weighted by molar-refractivity contribution is 7.72. The van der Waals surface area contributed by atoms with Gasteiger partial charge in [0.25, 0.3) is 5.08 Å². The number of nitrogens with zero attached hydrogens (tertiary/aromatic N) is 1. The Bertz CT molecular complexity index is 650. The van der Waals surface area contributed by atoms with Gasteiger partial charge in [-0.05, 0) is 33.6 Å². The molecule has 0 aliphatic rings. The van der Waals surface area contributed by atoms with Crippen LogP contribution in [0, 0.1) is 0 Å². The van der Waals surface area contributed by atoms with Gasteiger partial charge in [0.15, 0.2) is 0 Å². The number of hydrogen-bond donors (Lipinski definition) is 7. The summed E-state index contributed by atoms with van der Waals surface area (Å²) in [6.07, 6.45) is -0.264. The lowest BCUT2D eigenvalue weighted by Gasteiger charge is -2.39. The molecule has 0 aromatic carbocycles. The topological polar surface area (TPSA) is 194 Å². The number of unbranched alkanes of at least 4 members (excludes halogenated alkanes) is 2. The second-order valence-corrected chi connectivity index (χ2v) is 13.1. The third kappa shape index (κ3) is 10.7. The number of carbonyl (C=O) groups excluding carboxylic acids is 1. The van der Waals surface area contributed by atoms with Gasteiger partial charge in [-0.1, -0.05) is 13.3 Å². The van der Waals surface area contributed by atoms with E-state index in [4.69, 9.17) is 4.74 Å². The summed E-state index contributed by atoms with van der Waals surface area (Å²) >= 11 is 0. The number of aliphatic hydroxyl groups excluding tert-OH is 1. The maximum absolute atomic E-state index is 11.8. The molecule has 0 radical (unpaired) electrons. The monoisotopic (exact) mass is 493 g/mol. The van der Waals surface area contributed by atoms with E-state index in [0.29, 0.717) is 13.0 Å². The Hall–Kier alpha value is -0.550. The molecule has 2 unspecified atom stereocenters. The molecule has 0 bridgehead atoms. The lowest BCUT2D eigenvalue weighted by molar-refractivity contribution is -0.913. The van der Waals surface area contributed by atoms with E-state index in [1.165, 1.54) is 0 Å². The highest BCUT2D eigenvalue weighted by atomic mass is 31.2. The number of amides is 1. The molecule has 0 fully saturated rings. The molecule has 0 aliphatic heterocycles. The molecule has 0 heterocycles. The van der Waals surface area contributed by atoms with Crippen LogP contribution in [0.15, 0.2) is 0 Å². The number of hydrogen-bond acceptors (Lipinski definition) is 6. The van der Waals surface area contributed by atoms with E-state index in [1.54, 1.807) is 27.8 Å². The minimum absolute atomic E-state index is 0.0118. The van der Waals surface area contributed by atoms with Gasteiger partial charge in [0.2, 0.25) is 0 Å². The quantitative estimate of drug-likeness (QED) is 0.110. The Kier molecular flexibility index (Phi) is 11.3. The molecule has 31 heavy (non-hydrogen) atoms. The Morgan fingerprint density at radius 3 is 2.00 bits per heavy atom. The number of quaternary nitrogens is 1. The first-order chi connectivity index (χ1) is 13.8. The molecule has 14 heteroatoms. The molecular formula is C17H39N2O10P2+. The molecule has 0 rings (SSSR count). The summed E-state index contributed by atoms with van der Waals surface area (Å²) in [5.74, 6) is 0. The first-order valence-corrected chi connectivity index (χ1v) is 13.3. The van der Waals surface area contributed by atoms with Gasteiger partial charge in [0.05, 0.1) is 26.7 Å². The predicted octanol–water partition coefficient (Wildman–Crippen LogP) is 0.900. The van der Waals surface area contributed by atoms with Crippen molar-refractivity contribution < 1.29 is 52.9 Å². The van der Waals surface area contributed by atoms with Crippen molar-refractivity contribution in [2.45, 2.75) is 70.2 Å². The smallest absolute Gasteiger partial charge is 0.407 e. The summed E-state index contributed by atoms with van der Waals surface area (Å²) < 4.78 is 28.3. The average Bonchev–Trinajstić information content (AvgIpc) is 2.54. The number of rotatable bonds is 13. The molecule has 0 aromatic rings. The molecule has 0 aromatic heterocycles. The number of carbonyl (C=O) groups is 1. The van der Waals surface area contributed by atoms with Crippen LogP contribution in [0.1, 0.15) is 53.4 Å². The van der Waals surface area contributed by atoms with Crippen molar-refractivity contribution in [1.29, 1.82) is 0 Å². The van der Waals surface area contributed by atoms with Gasteiger partial charge in [0, 0.05) is 6.42 Å². The number of aliphatic hydroxyl groups is 2. The van der Waals surface area contributed by atoms with E-state index in [9.17, 15) is 43.7 Å². The summed E-state index contributed by atoms with van der Waals surface area (Å²) in [4.78, 5) is 49.2. The van der Waals surface area contributed by atoms with Gasteiger partial charge in [-0.25, -0.2) is 4.79 Å². The van der Waals surface area contributed by atoms with Crippen molar-refractivity contribution in [3.8, 4) is 0 Å². The Morgan fingerprint density at radius 2 is 1.58 bits per heavy atom. The van der Waals surface area contributed by atoms with Crippen LogP contribution < -0.4 is 5.32 Å². The van der Waals surface area contributed by atoms with E-state index < -0.39 is 44.5 Å². The molecular weight excluding hydrogens is 454 g/mol. The van der Waals surface area contributed by atoms with Crippen LogP contribution in [0.5, 0.6) is 0 Å². The number of alkyl carbamates (subject to hydrolysis) is 1. The van der Waals surface area contributed by atoms with Crippen LogP contribution >= 0.6 is 15.2 Å². The molecule has 2 atom stereocenters. The van der Waals surface area contributed by atoms with Crippen LogP contribution in [0.25, 0.3) is 0 Å². The average molecular weight is 493 g/mol. The molecule has 0 spiro atoms. The Morgan fingerprint density at radius 1 is 1.06 bits per heavy atom. The summed E-state index contributed by atoms with van der Waals surface area (Å²) in [6.45, 7) is 7.10. The van der Waals surface area contributed by atoms with Crippen LogP contribution in [0.2, 0.25) is 0 Å². The van der Waals surface area contributed by atoms with Crippen molar-refractivity contribution in [3.63, 3.8) is 0 Å². The van der Waals surface area contributed by atoms with Gasteiger partial charge in [-0.3, -0.25) is 9.13 Å². The maximum atomic E-state index is 11.8. The van der Waals surface area contributed by atoms with Crippen LogP contribution in [0.4, 0.5) is 4.79 Å². The summed E-state index contributed by atoms with van der Waals surface area (Å²) in [7, 11) is -9.48. The van der Waals surface area contributed by atoms with Crippen LogP contribution in [0.3, 0.4) is 0 Å². The maximum Gasteiger partial charge on any atom is 0.407 e. The van der Waals surface area contributed by atoms with Gasteiger partial charge in [-0.15, -0.1) is 0 Å². The highest BCUT2D eigenvalue weighted by Crippen LogP contribution is 2.69. The zero-order valence-corrected chi connectivity index (χ0v) is 20.7. The molecule has 0 aliphatic carbocycles. The zero-order valence-electron chi connectivity index (χ0n) is 18.9. The molecule has 12 nitrogen and oxygen atoms in total. The normalized spacial score (nSPS) is 16.5. The zero-order chi connectivity index (χ0) is 24.7. The SMILES string of the molecule is CCCCC[N+](C)(CCC(O)(P(=O)(O)O)P(=O)(O)O)CC(O)CNC(=O)OC(C)(C)C. The van der Waals surface area contributed by atoms with Crippen LogP contribution in [-0.2, 0) is 13.9 Å². The van der Waals surface area contributed by atoms with Gasteiger partial charge >= 0.3 is 21.3 Å². The second kappa shape index (κ2) is 11.5. The fourth-order valence-corrected chi connectivity index (χ4v) is 5.15. The molecule has 7 N–H and O–H groups in total. The Labute approximate surface area is 183 Å². The Balaban J connectivity index is 5.31. The lowest BCUT2D eigenvalue weighted by Crippen LogP contribution is -2.54. The number of ether oxygens (including phenoxy) is 1. The number of nitrogens with one attached hydrogen (secondary N) is 1. The summed E-state index contributed by atoms with van der Waals surface area (Å²) in [5, 5.41) is 19.5. The van der Waals surface area contributed by atoms with Crippen molar-refractivity contribution >= 4 is 21.3 Å².